The average molecular weight is 237 g/mol. The van der Waals surface area contributed by atoms with Crippen molar-refractivity contribution in [1.29, 1.82) is 0 Å². The van der Waals surface area contributed by atoms with Gasteiger partial charge in [-0.25, -0.2) is 0 Å². The van der Waals surface area contributed by atoms with Crippen LogP contribution < -0.4 is 5.32 Å². The van der Waals surface area contributed by atoms with Crippen molar-refractivity contribution in [2.24, 2.45) is 5.92 Å². The van der Waals surface area contributed by atoms with Crippen LogP contribution in [-0.4, -0.2) is 19.2 Å². The topological polar surface area (TPSA) is 21.3 Å². The standard InChI is InChI=1S/C13H19NOS/c1-9-5-6-16-13(9)12-7-14-11-4-2-3-10(11)8-15-12/h5-6,10-12,14H,2-4,7-8H2,1H3. The first-order chi connectivity index (χ1) is 7.84. The van der Waals surface area contributed by atoms with Gasteiger partial charge in [-0.05, 0) is 42.7 Å². The monoisotopic (exact) mass is 237 g/mol. The van der Waals surface area contributed by atoms with Crippen molar-refractivity contribution in [2.75, 3.05) is 13.2 Å². The minimum atomic E-state index is 0.283. The second kappa shape index (κ2) is 4.47. The van der Waals surface area contributed by atoms with Gasteiger partial charge in [0.05, 0.1) is 6.61 Å². The molecule has 3 rings (SSSR count). The maximum Gasteiger partial charge on any atom is 0.104 e. The molecule has 2 heterocycles. The summed E-state index contributed by atoms with van der Waals surface area (Å²) >= 11 is 1.83. The average Bonchev–Trinajstić information content (AvgIpc) is 2.85. The van der Waals surface area contributed by atoms with E-state index in [1.807, 2.05) is 11.3 Å². The number of hydrogen-bond donors (Lipinski definition) is 1. The second-order valence-corrected chi connectivity index (χ2v) is 5.94. The van der Waals surface area contributed by atoms with Gasteiger partial charge in [0.25, 0.3) is 0 Å². The summed E-state index contributed by atoms with van der Waals surface area (Å²) in [7, 11) is 0. The van der Waals surface area contributed by atoms with Crippen LogP contribution in [0.25, 0.3) is 0 Å². The molecule has 3 atom stereocenters. The molecule has 0 bridgehead atoms. The van der Waals surface area contributed by atoms with Crippen LogP contribution in [0.4, 0.5) is 0 Å². The third kappa shape index (κ3) is 1.92. The summed E-state index contributed by atoms with van der Waals surface area (Å²) in [6.07, 6.45) is 4.33. The highest BCUT2D eigenvalue weighted by Crippen LogP contribution is 2.33. The van der Waals surface area contributed by atoms with Crippen molar-refractivity contribution in [3.05, 3.63) is 21.9 Å². The molecule has 1 saturated heterocycles. The summed E-state index contributed by atoms with van der Waals surface area (Å²) < 4.78 is 6.09. The van der Waals surface area contributed by atoms with Gasteiger partial charge < -0.3 is 10.1 Å². The molecule has 0 radical (unpaired) electrons. The Labute approximate surface area is 101 Å². The van der Waals surface area contributed by atoms with E-state index in [2.05, 4.69) is 23.7 Å². The number of nitrogens with one attached hydrogen (secondary N) is 1. The van der Waals surface area contributed by atoms with Gasteiger partial charge in [0.2, 0.25) is 0 Å². The molecule has 1 aliphatic heterocycles. The van der Waals surface area contributed by atoms with Crippen LogP contribution in [0.5, 0.6) is 0 Å². The summed E-state index contributed by atoms with van der Waals surface area (Å²) in [6.45, 7) is 4.11. The van der Waals surface area contributed by atoms with Crippen molar-refractivity contribution in [3.8, 4) is 0 Å². The van der Waals surface area contributed by atoms with Gasteiger partial charge in [-0.2, -0.15) is 0 Å². The lowest BCUT2D eigenvalue weighted by atomic mass is 10.1. The molecule has 16 heavy (non-hydrogen) atoms. The van der Waals surface area contributed by atoms with Crippen molar-refractivity contribution >= 4 is 11.3 Å². The Hall–Kier alpha value is -0.380. The zero-order valence-corrected chi connectivity index (χ0v) is 10.6. The summed E-state index contributed by atoms with van der Waals surface area (Å²) in [5, 5.41) is 5.86. The highest BCUT2D eigenvalue weighted by atomic mass is 32.1. The van der Waals surface area contributed by atoms with Crippen molar-refractivity contribution < 1.29 is 4.74 Å². The molecule has 2 nitrogen and oxygen atoms in total. The number of fused-ring (bicyclic) bond motifs is 1. The van der Waals surface area contributed by atoms with E-state index < -0.39 is 0 Å². The van der Waals surface area contributed by atoms with Crippen LogP contribution in [0.3, 0.4) is 0 Å². The molecule has 88 valence electrons. The lowest BCUT2D eigenvalue weighted by Crippen LogP contribution is -2.32. The Morgan fingerprint density at radius 1 is 1.44 bits per heavy atom. The summed E-state index contributed by atoms with van der Waals surface area (Å²) in [4.78, 5) is 1.41. The van der Waals surface area contributed by atoms with Gasteiger partial charge in [-0.15, -0.1) is 11.3 Å². The van der Waals surface area contributed by atoms with E-state index in [9.17, 15) is 0 Å². The Morgan fingerprint density at radius 3 is 3.19 bits per heavy atom. The highest BCUT2D eigenvalue weighted by molar-refractivity contribution is 7.10. The normalized spacial score (nSPS) is 34.7. The van der Waals surface area contributed by atoms with Gasteiger partial charge in [-0.3, -0.25) is 0 Å². The van der Waals surface area contributed by atoms with Crippen LogP contribution in [-0.2, 0) is 4.74 Å². The maximum atomic E-state index is 6.09. The smallest absolute Gasteiger partial charge is 0.104 e. The van der Waals surface area contributed by atoms with E-state index in [1.54, 1.807) is 0 Å². The van der Waals surface area contributed by atoms with Gasteiger partial charge >= 0.3 is 0 Å². The summed E-state index contributed by atoms with van der Waals surface area (Å²) in [5.74, 6) is 0.755. The molecule has 0 amide bonds. The zero-order chi connectivity index (χ0) is 11.0. The summed E-state index contributed by atoms with van der Waals surface area (Å²) in [6, 6.07) is 2.90. The third-order valence-corrected chi connectivity index (χ3v) is 5.04. The molecule has 0 spiro atoms. The number of ether oxygens (including phenoxy) is 1. The minimum absolute atomic E-state index is 0.283. The Morgan fingerprint density at radius 2 is 2.38 bits per heavy atom. The first kappa shape index (κ1) is 10.8. The van der Waals surface area contributed by atoms with E-state index >= 15 is 0 Å². The molecule has 1 aromatic rings. The van der Waals surface area contributed by atoms with E-state index in [4.69, 9.17) is 4.74 Å². The Kier molecular flexibility index (Phi) is 3.01. The fraction of sp³-hybridized carbons (Fsp3) is 0.692. The van der Waals surface area contributed by atoms with E-state index in [-0.39, 0.29) is 6.10 Å². The SMILES string of the molecule is Cc1ccsc1C1CNC2CCCC2CO1. The highest BCUT2D eigenvalue weighted by Gasteiger charge is 2.32. The Bertz CT molecular complexity index is 349. The van der Waals surface area contributed by atoms with E-state index in [1.165, 1.54) is 29.7 Å². The first-order valence-electron chi connectivity index (χ1n) is 6.23. The molecule has 1 N–H and O–H groups in total. The molecule has 1 aromatic heterocycles. The third-order valence-electron chi connectivity index (χ3n) is 3.93. The van der Waals surface area contributed by atoms with Gasteiger partial charge in [0, 0.05) is 17.5 Å². The summed E-state index contributed by atoms with van der Waals surface area (Å²) in [5.41, 5.74) is 1.38. The number of rotatable bonds is 1. The van der Waals surface area contributed by atoms with Crippen LogP contribution in [0, 0.1) is 12.8 Å². The molecule has 2 aliphatic rings. The van der Waals surface area contributed by atoms with Crippen molar-refractivity contribution in [2.45, 2.75) is 38.3 Å². The molecule has 0 aromatic carbocycles. The predicted octanol–water partition coefficient (Wildman–Crippen LogP) is 2.89. The fourth-order valence-corrected chi connectivity index (χ4v) is 3.92. The number of hydrogen-bond acceptors (Lipinski definition) is 3. The van der Waals surface area contributed by atoms with Crippen LogP contribution in [0.1, 0.15) is 35.8 Å². The number of thiophene rings is 1. The largest absolute Gasteiger partial charge is 0.371 e. The molecule has 3 heteroatoms. The zero-order valence-electron chi connectivity index (χ0n) is 9.74. The lowest BCUT2D eigenvalue weighted by molar-refractivity contribution is 0.0492. The predicted molar refractivity (Wildman–Crippen MR) is 66.9 cm³/mol. The first-order valence-corrected chi connectivity index (χ1v) is 7.11. The quantitative estimate of drug-likeness (QED) is 0.811. The van der Waals surface area contributed by atoms with Gasteiger partial charge in [0.1, 0.15) is 6.10 Å². The molecular formula is C13H19NOS. The second-order valence-electron chi connectivity index (χ2n) is 5.00. The molecule has 3 unspecified atom stereocenters. The molecule has 1 aliphatic carbocycles. The van der Waals surface area contributed by atoms with Gasteiger partial charge in [0.15, 0.2) is 0 Å². The Balaban J connectivity index is 1.73. The minimum Gasteiger partial charge on any atom is -0.371 e. The molecule has 1 saturated carbocycles. The molecule has 2 fully saturated rings. The lowest BCUT2D eigenvalue weighted by Gasteiger charge is -2.15. The van der Waals surface area contributed by atoms with Crippen LogP contribution >= 0.6 is 11.3 Å². The van der Waals surface area contributed by atoms with Gasteiger partial charge in [-0.1, -0.05) is 6.42 Å². The van der Waals surface area contributed by atoms with E-state index in [0.29, 0.717) is 6.04 Å². The molecular weight excluding hydrogens is 218 g/mol. The maximum absolute atomic E-state index is 6.09. The van der Waals surface area contributed by atoms with Crippen molar-refractivity contribution in [1.82, 2.24) is 5.32 Å². The fourth-order valence-electron chi connectivity index (χ4n) is 2.94. The van der Waals surface area contributed by atoms with Crippen molar-refractivity contribution in [3.63, 3.8) is 0 Å². The van der Waals surface area contributed by atoms with Crippen LogP contribution in [0.2, 0.25) is 0 Å². The van der Waals surface area contributed by atoms with E-state index in [0.717, 1.165) is 19.1 Å². The van der Waals surface area contributed by atoms with Crippen LogP contribution in [0.15, 0.2) is 11.4 Å². The number of aryl methyl sites for hydroxylation is 1.